The molecular weight excluding hydrogens is 218 g/mol. The Morgan fingerprint density at radius 3 is 3.00 bits per heavy atom. The number of rotatable bonds is 5. The van der Waals surface area contributed by atoms with Crippen LogP contribution in [0.3, 0.4) is 0 Å². The van der Waals surface area contributed by atoms with E-state index < -0.39 is 0 Å². The van der Waals surface area contributed by atoms with Crippen LogP contribution in [0.15, 0.2) is 4.52 Å². The highest BCUT2D eigenvalue weighted by Crippen LogP contribution is 2.20. The molecule has 2 rings (SSSR count). The van der Waals surface area contributed by atoms with Crippen molar-refractivity contribution in [1.29, 1.82) is 0 Å². The summed E-state index contributed by atoms with van der Waals surface area (Å²) >= 11 is 0. The standard InChI is InChI=1S/C12H21N3O2/c1-3-10(13)8(2)12-14-11(15-17-12)7-9-5-4-6-16-9/h8-10H,3-7,13H2,1-2H3. The van der Waals surface area contributed by atoms with Crippen LogP contribution in [0.4, 0.5) is 0 Å². The molecule has 1 aliphatic rings. The molecule has 3 unspecified atom stereocenters. The van der Waals surface area contributed by atoms with E-state index in [0.717, 1.165) is 38.1 Å². The Morgan fingerprint density at radius 2 is 2.35 bits per heavy atom. The normalized spacial score (nSPS) is 23.8. The lowest BCUT2D eigenvalue weighted by Crippen LogP contribution is -2.25. The quantitative estimate of drug-likeness (QED) is 0.845. The van der Waals surface area contributed by atoms with Crippen LogP contribution in [0.25, 0.3) is 0 Å². The van der Waals surface area contributed by atoms with Gasteiger partial charge >= 0.3 is 0 Å². The minimum atomic E-state index is 0.0750. The van der Waals surface area contributed by atoms with Crippen LogP contribution in [-0.4, -0.2) is 28.9 Å². The van der Waals surface area contributed by atoms with Crippen LogP contribution in [0.1, 0.15) is 50.7 Å². The van der Waals surface area contributed by atoms with Crippen LogP contribution in [0.5, 0.6) is 0 Å². The zero-order valence-electron chi connectivity index (χ0n) is 10.6. The molecule has 0 aliphatic carbocycles. The van der Waals surface area contributed by atoms with Crippen molar-refractivity contribution in [3.05, 3.63) is 11.7 Å². The van der Waals surface area contributed by atoms with E-state index in [1.54, 1.807) is 0 Å². The van der Waals surface area contributed by atoms with Gasteiger partial charge in [0, 0.05) is 19.1 Å². The van der Waals surface area contributed by atoms with Gasteiger partial charge in [-0.2, -0.15) is 4.98 Å². The van der Waals surface area contributed by atoms with Crippen molar-refractivity contribution in [2.45, 2.75) is 57.6 Å². The van der Waals surface area contributed by atoms with Crippen molar-refractivity contribution in [2.24, 2.45) is 5.73 Å². The second-order valence-electron chi connectivity index (χ2n) is 4.75. The topological polar surface area (TPSA) is 74.2 Å². The molecule has 2 N–H and O–H groups in total. The SMILES string of the molecule is CCC(N)C(C)c1nc(CC2CCCO2)no1. The fourth-order valence-electron chi connectivity index (χ4n) is 2.08. The van der Waals surface area contributed by atoms with Crippen molar-refractivity contribution < 1.29 is 9.26 Å². The molecule has 1 saturated heterocycles. The number of aromatic nitrogens is 2. The van der Waals surface area contributed by atoms with Gasteiger partial charge in [0.1, 0.15) is 0 Å². The maximum absolute atomic E-state index is 5.97. The van der Waals surface area contributed by atoms with Crippen molar-refractivity contribution in [3.63, 3.8) is 0 Å². The van der Waals surface area contributed by atoms with Gasteiger partial charge in [0.2, 0.25) is 5.89 Å². The monoisotopic (exact) mass is 239 g/mol. The predicted octanol–water partition coefficient (Wildman–Crippen LogP) is 1.63. The number of hydrogen-bond donors (Lipinski definition) is 1. The Balaban J connectivity index is 1.95. The van der Waals surface area contributed by atoms with Crippen LogP contribution in [0.2, 0.25) is 0 Å². The van der Waals surface area contributed by atoms with Gasteiger partial charge in [-0.15, -0.1) is 0 Å². The average Bonchev–Trinajstić information content (AvgIpc) is 2.99. The molecule has 96 valence electrons. The molecule has 1 aliphatic heterocycles. The zero-order valence-corrected chi connectivity index (χ0v) is 10.6. The van der Waals surface area contributed by atoms with E-state index in [1.807, 2.05) is 6.92 Å². The molecule has 5 nitrogen and oxygen atoms in total. The average molecular weight is 239 g/mol. The molecule has 0 saturated carbocycles. The first-order valence-electron chi connectivity index (χ1n) is 6.40. The lowest BCUT2D eigenvalue weighted by atomic mass is 10.0. The van der Waals surface area contributed by atoms with E-state index in [0.29, 0.717) is 5.89 Å². The van der Waals surface area contributed by atoms with Crippen LogP contribution in [-0.2, 0) is 11.2 Å². The Labute approximate surface area is 102 Å². The van der Waals surface area contributed by atoms with Crippen molar-refractivity contribution in [3.8, 4) is 0 Å². The smallest absolute Gasteiger partial charge is 0.231 e. The van der Waals surface area contributed by atoms with E-state index in [4.69, 9.17) is 15.0 Å². The summed E-state index contributed by atoms with van der Waals surface area (Å²) in [7, 11) is 0. The fraction of sp³-hybridized carbons (Fsp3) is 0.833. The van der Waals surface area contributed by atoms with Gasteiger partial charge in [-0.1, -0.05) is 19.0 Å². The Bertz CT molecular complexity index is 347. The molecule has 1 fully saturated rings. The highest BCUT2D eigenvalue weighted by molar-refractivity contribution is 4.97. The zero-order chi connectivity index (χ0) is 12.3. The van der Waals surface area contributed by atoms with Crippen molar-refractivity contribution >= 4 is 0 Å². The highest BCUT2D eigenvalue weighted by Gasteiger charge is 2.22. The number of nitrogens with zero attached hydrogens (tertiary/aromatic N) is 2. The first kappa shape index (κ1) is 12.5. The molecule has 3 atom stereocenters. The third-order valence-corrected chi connectivity index (χ3v) is 3.42. The lowest BCUT2D eigenvalue weighted by molar-refractivity contribution is 0.109. The van der Waals surface area contributed by atoms with Gasteiger partial charge < -0.3 is 15.0 Å². The van der Waals surface area contributed by atoms with E-state index in [9.17, 15) is 0 Å². The van der Waals surface area contributed by atoms with Gasteiger partial charge in [-0.05, 0) is 19.3 Å². The molecule has 1 aromatic heterocycles. The Morgan fingerprint density at radius 1 is 1.53 bits per heavy atom. The summed E-state index contributed by atoms with van der Waals surface area (Å²) < 4.78 is 10.8. The second-order valence-corrected chi connectivity index (χ2v) is 4.75. The summed E-state index contributed by atoms with van der Waals surface area (Å²) in [4.78, 5) is 4.40. The maximum atomic E-state index is 5.97. The molecule has 0 aromatic carbocycles. The summed E-state index contributed by atoms with van der Waals surface area (Å²) in [5.74, 6) is 1.50. The molecule has 5 heteroatoms. The molecule has 0 spiro atoms. The minimum Gasteiger partial charge on any atom is -0.378 e. The molecule has 0 bridgehead atoms. The third-order valence-electron chi connectivity index (χ3n) is 3.42. The molecular formula is C12H21N3O2. The van der Waals surface area contributed by atoms with Gasteiger partial charge in [0.05, 0.1) is 12.0 Å². The van der Waals surface area contributed by atoms with E-state index in [1.165, 1.54) is 0 Å². The lowest BCUT2D eigenvalue weighted by Gasteiger charge is -2.13. The number of nitrogens with two attached hydrogens (primary N) is 1. The van der Waals surface area contributed by atoms with E-state index in [2.05, 4.69) is 17.1 Å². The predicted molar refractivity (Wildman–Crippen MR) is 63.7 cm³/mol. The van der Waals surface area contributed by atoms with E-state index >= 15 is 0 Å². The largest absolute Gasteiger partial charge is 0.378 e. The molecule has 17 heavy (non-hydrogen) atoms. The summed E-state index contributed by atoms with van der Waals surface area (Å²) in [6.45, 7) is 4.94. The van der Waals surface area contributed by atoms with Gasteiger partial charge in [0.25, 0.3) is 0 Å². The summed E-state index contributed by atoms with van der Waals surface area (Å²) in [6, 6.07) is 0.0750. The van der Waals surface area contributed by atoms with Crippen molar-refractivity contribution in [2.75, 3.05) is 6.61 Å². The molecule has 2 heterocycles. The molecule has 0 amide bonds. The van der Waals surface area contributed by atoms with Crippen LogP contribution < -0.4 is 5.73 Å². The summed E-state index contributed by atoms with van der Waals surface area (Å²) in [6.07, 6.45) is 4.14. The van der Waals surface area contributed by atoms with E-state index in [-0.39, 0.29) is 18.1 Å². The second kappa shape index (κ2) is 5.60. The maximum Gasteiger partial charge on any atom is 0.231 e. The number of hydrogen-bond acceptors (Lipinski definition) is 5. The molecule has 1 aromatic rings. The summed E-state index contributed by atoms with van der Waals surface area (Å²) in [5.41, 5.74) is 5.97. The first-order valence-corrected chi connectivity index (χ1v) is 6.40. The third kappa shape index (κ3) is 3.04. The fourth-order valence-corrected chi connectivity index (χ4v) is 2.08. The minimum absolute atomic E-state index is 0.0750. The van der Waals surface area contributed by atoms with Gasteiger partial charge in [-0.25, -0.2) is 0 Å². The Hall–Kier alpha value is -0.940. The van der Waals surface area contributed by atoms with Crippen molar-refractivity contribution in [1.82, 2.24) is 10.1 Å². The highest BCUT2D eigenvalue weighted by atomic mass is 16.5. The first-order chi connectivity index (χ1) is 8.20. The van der Waals surface area contributed by atoms with Crippen LogP contribution >= 0.6 is 0 Å². The van der Waals surface area contributed by atoms with Gasteiger partial charge in [0.15, 0.2) is 5.82 Å². The van der Waals surface area contributed by atoms with Gasteiger partial charge in [-0.3, -0.25) is 0 Å². The van der Waals surface area contributed by atoms with Crippen LogP contribution in [0, 0.1) is 0 Å². The molecule has 0 radical (unpaired) electrons. The Kier molecular flexibility index (Phi) is 4.12. The number of ether oxygens (including phenoxy) is 1. The summed E-state index contributed by atoms with van der Waals surface area (Å²) in [5, 5.41) is 4.00.